The van der Waals surface area contributed by atoms with Crippen molar-refractivity contribution in [1.29, 1.82) is 0 Å². The van der Waals surface area contributed by atoms with E-state index in [1.807, 2.05) is 17.6 Å². The van der Waals surface area contributed by atoms with Crippen LogP contribution in [0.2, 0.25) is 0 Å². The summed E-state index contributed by atoms with van der Waals surface area (Å²) in [6.07, 6.45) is 6.24. The molecule has 6 heteroatoms. The lowest BCUT2D eigenvalue weighted by molar-refractivity contribution is 0.727. The number of anilines is 1. The van der Waals surface area contributed by atoms with Crippen LogP contribution >= 0.6 is 11.3 Å². The average molecular weight is 299 g/mol. The number of pyridine rings is 1. The number of nitrogens with zero attached hydrogens (tertiary/aromatic N) is 4. The molecule has 21 heavy (non-hydrogen) atoms. The summed E-state index contributed by atoms with van der Waals surface area (Å²) in [5.41, 5.74) is 6.83. The van der Waals surface area contributed by atoms with Gasteiger partial charge in [-0.05, 0) is 36.0 Å². The van der Waals surface area contributed by atoms with Crippen LogP contribution in [0.5, 0.6) is 0 Å². The van der Waals surface area contributed by atoms with Gasteiger partial charge in [0.25, 0.3) is 0 Å². The normalized spacial score (nSPS) is 10.9. The molecule has 3 rings (SSSR count). The van der Waals surface area contributed by atoms with Gasteiger partial charge in [-0.2, -0.15) is 0 Å². The van der Waals surface area contributed by atoms with Crippen LogP contribution in [-0.2, 0) is 6.54 Å². The van der Waals surface area contributed by atoms with Crippen molar-refractivity contribution in [2.75, 3.05) is 18.0 Å². The molecule has 108 valence electrons. The molecule has 3 aromatic heterocycles. The third-order valence-corrected chi connectivity index (χ3v) is 4.09. The Kier molecular flexibility index (Phi) is 4.37. The summed E-state index contributed by atoms with van der Waals surface area (Å²) in [5, 5.41) is 3.15. The Morgan fingerprint density at radius 1 is 1.24 bits per heavy atom. The Hall–Kier alpha value is -2.05. The Bertz CT molecular complexity index is 697. The number of fused-ring (bicyclic) bond motifs is 1. The monoisotopic (exact) mass is 299 g/mol. The van der Waals surface area contributed by atoms with Crippen molar-refractivity contribution < 1.29 is 0 Å². The third kappa shape index (κ3) is 3.17. The quantitative estimate of drug-likeness (QED) is 0.757. The first-order chi connectivity index (χ1) is 10.4. The van der Waals surface area contributed by atoms with Crippen LogP contribution < -0.4 is 10.6 Å². The van der Waals surface area contributed by atoms with E-state index in [-0.39, 0.29) is 0 Å². The molecule has 0 bridgehead atoms. The zero-order valence-electron chi connectivity index (χ0n) is 11.6. The minimum atomic E-state index is 0.668. The molecule has 0 aliphatic rings. The van der Waals surface area contributed by atoms with Crippen LogP contribution in [0.25, 0.3) is 10.2 Å². The van der Waals surface area contributed by atoms with E-state index in [9.17, 15) is 0 Å². The Morgan fingerprint density at radius 3 is 3.00 bits per heavy atom. The van der Waals surface area contributed by atoms with Gasteiger partial charge in [0.05, 0.1) is 5.39 Å². The molecule has 0 saturated carbocycles. The number of hydrogen-bond acceptors (Lipinski definition) is 6. The molecular formula is C15H17N5S. The molecule has 0 aromatic carbocycles. The lowest BCUT2D eigenvalue weighted by Gasteiger charge is -2.24. The number of thiophene rings is 1. The molecule has 3 aromatic rings. The first kappa shape index (κ1) is 13.9. The summed E-state index contributed by atoms with van der Waals surface area (Å²) >= 11 is 1.63. The highest BCUT2D eigenvalue weighted by Crippen LogP contribution is 2.27. The summed E-state index contributed by atoms with van der Waals surface area (Å²) in [6.45, 7) is 2.31. The van der Waals surface area contributed by atoms with Crippen LogP contribution in [-0.4, -0.2) is 28.0 Å². The molecule has 0 unspecified atom stereocenters. The topological polar surface area (TPSA) is 67.9 Å². The Balaban J connectivity index is 1.93. The summed E-state index contributed by atoms with van der Waals surface area (Å²) in [5.74, 6) is 0.971. The molecule has 0 amide bonds. The average Bonchev–Trinajstić information content (AvgIpc) is 3.01. The number of rotatable bonds is 6. The van der Waals surface area contributed by atoms with Crippen molar-refractivity contribution in [1.82, 2.24) is 15.0 Å². The van der Waals surface area contributed by atoms with Gasteiger partial charge in [0.1, 0.15) is 17.0 Å². The Morgan fingerprint density at radius 2 is 2.19 bits per heavy atom. The van der Waals surface area contributed by atoms with Crippen molar-refractivity contribution in [2.45, 2.75) is 13.0 Å². The molecule has 0 aliphatic carbocycles. The zero-order chi connectivity index (χ0) is 14.5. The zero-order valence-corrected chi connectivity index (χ0v) is 12.5. The van der Waals surface area contributed by atoms with Gasteiger partial charge in [0.2, 0.25) is 0 Å². The van der Waals surface area contributed by atoms with Crippen molar-refractivity contribution in [3.05, 3.63) is 47.9 Å². The van der Waals surface area contributed by atoms with Crippen LogP contribution in [0.4, 0.5) is 5.82 Å². The van der Waals surface area contributed by atoms with Gasteiger partial charge in [0, 0.05) is 25.5 Å². The first-order valence-corrected chi connectivity index (χ1v) is 7.78. The fourth-order valence-corrected chi connectivity index (χ4v) is 3.01. The third-order valence-electron chi connectivity index (χ3n) is 3.27. The molecule has 0 radical (unpaired) electrons. The Labute approximate surface area is 127 Å². The fraction of sp³-hybridized carbons (Fsp3) is 0.267. The maximum Gasteiger partial charge on any atom is 0.141 e. The second-order valence-corrected chi connectivity index (χ2v) is 5.66. The maximum absolute atomic E-state index is 5.67. The van der Waals surface area contributed by atoms with E-state index in [4.69, 9.17) is 5.73 Å². The van der Waals surface area contributed by atoms with Crippen LogP contribution in [0.15, 0.2) is 42.3 Å². The van der Waals surface area contributed by atoms with Crippen molar-refractivity contribution in [3.63, 3.8) is 0 Å². The maximum atomic E-state index is 5.67. The molecule has 0 saturated heterocycles. The fourth-order valence-electron chi connectivity index (χ4n) is 2.28. The smallest absolute Gasteiger partial charge is 0.141 e. The standard InChI is InChI=1S/C15H17N5S/c16-5-2-7-20(10-12-3-1-6-17-9-12)14-13-4-8-21-15(13)19-11-18-14/h1,3-4,6,8-9,11H,2,5,7,10,16H2. The van der Waals surface area contributed by atoms with Gasteiger partial charge >= 0.3 is 0 Å². The minimum Gasteiger partial charge on any atom is -0.352 e. The summed E-state index contributed by atoms with van der Waals surface area (Å²) in [4.78, 5) is 16.3. The number of nitrogens with two attached hydrogens (primary N) is 1. The van der Waals surface area contributed by atoms with Gasteiger partial charge in [-0.15, -0.1) is 11.3 Å². The van der Waals surface area contributed by atoms with Crippen LogP contribution in [0.3, 0.4) is 0 Å². The lowest BCUT2D eigenvalue weighted by atomic mass is 10.2. The van der Waals surface area contributed by atoms with Crippen LogP contribution in [0.1, 0.15) is 12.0 Å². The molecule has 3 heterocycles. The minimum absolute atomic E-state index is 0.668. The number of hydrogen-bond donors (Lipinski definition) is 1. The van der Waals surface area contributed by atoms with E-state index < -0.39 is 0 Å². The van der Waals surface area contributed by atoms with Gasteiger partial charge in [0.15, 0.2) is 0 Å². The van der Waals surface area contributed by atoms with E-state index in [0.717, 1.165) is 41.1 Å². The van der Waals surface area contributed by atoms with Gasteiger partial charge in [-0.3, -0.25) is 4.98 Å². The predicted octanol–water partition coefficient (Wildman–Crippen LogP) is 2.44. The first-order valence-electron chi connectivity index (χ1n) is 6.90. The lowest BCUT2D eigenvalue weighted by Crippen LogP contribution is -2.26. The second kappa shape index (κ2) is 6.60. The van der Waals surface area contributed by atoms with Gasteiger partial charge in [-0.25, -0.2) is 9.97 Å². The molecule has 0 fully saturated rings. The molecule has 0 aliphatic heterocycles. The summed E-state index contributed by atoms with van der Waals surface area (Å²) < 4.78 is 0. The predicted molar refractivity (Wildman–Crippen MR) is 86.4 cm³/mol. The largest absolute Gasteiger partial charge is 0.352 e. The van der Waals surface area contributed by atoms with Crippen molar-refractivity contribution in [3.8, 4) is 0 Å². The summed E-state index contributed by atoms with van der Waals surface area (Å²) in [7, 11) is 0. The van der Waals surface area contributed by atoms with Crippen LogP contribution in [0, 0.1) is 0 Å². The SMILES string of the molecule is NCCCN(Cc1cccnc1)c1ncnc2sccc12. The van der Waals surface area contributed by atoms with E-state index in [0.29, 0.717) is 6.54 Å². The molecular weight excluding hydrogens is 282 g/mol. The van der Waals surface area contributed by atoms with Crippen molar-refractivity contribution in [2.24, 2.45) is 5.73 Å². The van der Waals surface area contributed by atoms with Crippen molar-refractivity contribution >= 4 is 27.4 Å². The second-order valence-electron chi connectivity index (χ2n) is 4.76. The molecule has 0 atom stereocenters. The molecule has 5 nitrogen and oxygen atoms in total. The highest BCUT2D eigenvalue weighted by atomic mass is 32.1. The molecule has 0 spiro atoms. The van der Waals surface area contributed by atoms with Gasteiger partial charge in [-0.1, -0.05) is 6.07 Å². The van der Waals surface area contributed by atoms with E-state index in [1.165, 1.54) is 0 Å². The van der Waals surface area contributed by atoms with E-state index >= 15 is 0 Å². The highest BCUT2D eigenvalue weighted by Gasteiger charge is 2.13. The molecule has 2 N–H and O–H groups in total. The highest BCUT2D eigenvalue weighted by molar-refractivity contribution is 7.16. The van der Waals surface area contributed by atoms with E-state index in [2.05, 4.69) is 32.0 Å². The summed E-state index contributed by atoms with van der Waals surface area (Å²) in [6, 6.07) is 6.11. The van der Waals surface area contributed by atoms with E-state index in [1.54, 1.807) is 23.9 Å². The van der Waals surface area contributed by atoms with Gasteiger partial charge < -0.3 is 10.6 Å². The number of aromatic nitrogens is 3.